The molecule has 0 aliphatic heterocycles. The van der Waals surface area contributed by atoms with Gasteiger partial charge in [0, 0.05) is 12.1 Å². The number of fused-ring (bicyclic) bond motifs is 2. The summed E-state index contributed by atoms with van der Waals surface area (Å²) in [6, 6.07) is 2.24. The van der Waals surface area contributed by atoms with Gasteiger partial charge in [-0.15, -0.1) is 0 Å². The first-order chi connectivity index (χ1) is 7.34. The number of rotatable bonds is 0. The molecule has 0 saturated heterocycles. The molecule has 0 saturated carbocycles. The second-order valence-electron chi connectivity index (χ2n) is 4.59. The van der Waals surface area contributed by atoms with Crippen molar-refractivity contribution >= 4 is 5.78 Å². The lowest BCUT2D eigenvalue weighted by atomic mass is 9.89. The van der Waals surface area contributed by atoms with Gasteiger partial charge in [-0.1, -0.05) is 6.07 Å². The fourth-order valence-corrected chi connectivity index (χ4v) is 2.67. The first kappa shape index (κ1) is 9.08. The van der Waals surface area contributed by atoms with E-state index in [1.807, 2.05) is 0 Å². The Morgan fingerprint density at radius 1 is 0.933 bits per heavy atom. The highest BCUT2D eigenvalue weighted by molar-refractivity contribution is 5.96. The Balaban J connectivity index is 2.12. The topological polar surface area (TPSA) is 30.0 Å². The minimum Gasteiger partial charge on any atom is -0.292 e. The van der Waals surface area contributed by atoms with Crippen molar-refractivity contribution in [2.45, 2.75) is 44.9 Å². The molecule has 0 atom stereocenters. The lowest BCUT2D eigenvalue weighted by Gasteiger charge is -2.20. The SMILES string of the molecule is O=C1CCCc2cc3c(nc21)CCCC3. The van der Waals surface area contributed by atoms with Crippen LogP contribution in [0, 0.1) is 0 Å². The number of carbonyl (C=O) groups is 1. The fraction of sp³-hybridized carbons (Fsp3) is 0.538. The average molecular weight is 201 g/mol. The van der Waals surface area contributed by atoms with Gasteiger partial charge in [0.2, 0.25) is 0 Å². The first-order valence-corrected chi connectivity index (χ1v) is 5.89. The Labute approximate surface area is 89.7 Å². The van der Waals surface area contributed by atoms with Crippen molar-refractivity contribution in [1.29, 1.82) is 0 Å². The van der Waals surface area contributed by atoms with Crippen LogP contribution in [0.2, 0.25) is 0 Å². The Hall–Kier alpha value is -1.18. The number of aromatic nitrogens is 1. The van der Waals surface area contributed by atoms with Crippen molar-refractivity contribution in [2.75, 3.05) is 0 Å². The monoisotopic (exact) mass is 201 g/mol. The summed E-state index contributed by atoms with van der Waals surface area (Å²) in [5.74, 6) is 0.254. The third-order valence-corrected chi connectivity index (χ3v) is 3.49. The third kappa shape index (κ3) is 1.48. The zero-order valence-corrected chi connectivity index (χ0v) is 8.88. The molecule has 1 aromatic heterocycles. The van der Waals surface area contributed by atoms with Crippen molar-refractivity contribution in [1.82, 2.24) is 4.98 Å². The van der Waals surface area contributed by atoms with Gasteiger partial charge in [-0.05, 0) is 49.7 Å². The number of hydrogen-bond acceptors (Lipinski definition) is 2. The standard InChI is InChI=1S/C13H15NO/c15-12-7-3-5-10-8-9-4-1-2-6-11(9)14-13(10)12/h8H,1-7H2. The first-order valence-electron chi connectivity index (χ1n) is 5.89. The Kier molecular flexibility index (Phi) is 2.08. The van der Waals surface area contributed by atoms with Crippen LogP contribution in [-0.4, -0.2) is 10.8 Å². The molecule has 0 bridgehead atoms. The highest BCUT2D eigenvalue weighted by atomic mass is 16.1. The van der Waals surface area contributed by atoms with Crippen molar-refractivity contribution in [3.63, 3.8) is 0 Å². The second kappa shape index (κ2) is 3.44. The Morgan fingerprint density at radius 2 is 1.73 bits per heavy atom. The Bertz CT molecular complexity index is 423. The molecule has 1 heterocycles. The van der Waals surface area contributed by atoms with E-state index in [1.54, 1.807) is 0 Å². The molecule has 0 aromatic carbocycles. The Morgan fingerprint density at radius 3 is 2.67 bits per heavy atom. The molecule has 0 spiro atoms. The van der Waals surface area contributed by atoms with Crippen LogP contribution in [0.5, 0.6) is 0 Å². The fourth-order valence-electron chi connectivity index (χ4n) is 2.67. The van der Waals surface area contributed by atoms with Gasteiger partial charge in [0.25, 0.3) is 0 Å². The molecule has 3 rings (SSSR count). The maximum Gasteiger partial charge on any atom is 0.181 e. The molecule has 0 N–H and O–H groups in total. The minimum absolute atomic E-state index is 0.254. The average Bonchev–Trinajstić information content (AvgIpc) is 2.27. The number of pyridine rings is 1. The zero-order chi connectivity index (χ0) is 10.3. The normalized spacial score (nSPS) is 19.6. The van der Waals surface area contributed by atoms with Crippen molar-refractivity contribution in [3.8, 4) is 0 Å². The lowest BCUT2D eigenvalue weighted by molar-refractivity contribution is 0.0967. The molecule has 2 aliphatic carbocycles. The summed E-state index contributed by atoms with van der Waals surface area (Å²) in [6.07, 6.45) is 7.47. The van der Waals surface area contributed by atoms with Gasteiger partial charge >= 0.3 is 0 Å². The van der Waals surface area contributed by atoms with E-state index in [9.17, 15) is 4.79 Å². The van der Waals surface area contributed by atoms with Crippen LogP contribution in [0.15, 0.2) is 6.07 Å². The van der Waals surface area contributed by atoms with Gasteiger partial charge in [0.1, 0.15) is 5.69 Å². The summed E-state index contributed by atoms with van der Waals surface area (Å²) in [4.78, 5) is 16.3. The predicted molar refractivity (Wildman–Crippen MR) is 58.1 cm³/mol. The van der Waals surface area contributed by atoms with Gasteiger partial charge in [0.15, 0.2) is 5.78 Å². The molecule has 2 heteroatoms. The van der Waals surface area contributed by atoms with Crippen LogP contribution < -0.4 is 0 Å². The summed E-state index contributed by atoms with van der Waals surface area (Å²) in [7, 11) is 0. The number of nitrogens with zero attached hydrogens (tertiary/aromatic N) is 1. The van der Waals surface area contributed by atoms with E-state index >= 15 is 0 Å². The molecular formula is C13H15NO. The molecule has 15 heavy (non-hydrogen) atoms. The van der Waals surface area contributed by atoms with Crippen LogP contribution in [0.25, 0.3) is 0 Å². The van der Waals surface area contributed by atoms with Gasteiger partial charge in [0.05, 0.1) is 0 Å². The highest BCUT2D eigenvalue weighted by Crippen LogP contribution is 2.26. The van der Waals surface area contributed by atoms with Crippen LogP contribution >= 0.6 is 0 Å². The van der Waals surface area contributed by atoms with E-state index < -0.39 is 0 Å². The van der Waals surface area contributed by atoms with E-state index in [0.717, 1.165) is 31.4 Å². The molecule has 0 radical (unpaired) electrons. The molecular weight excluding hydrogens is 186 g/mol. The second-order valence-corrected chi connectivity index (χ2v) is 4.59. The molecule has 2 aliphatic rings. The minimum atomic E-state index is 0.254. The van der Waals surface area contributed by atoms with Gasteiger partial charge < -0.3 is 0 Å². The smallest absolute Gasteiger partial charge is 0.181 e. The summed E-state index contributed by atoms with van der Waals surface area (Å²) >= 11 is 0. The van der Waals surface area contributed by atoms with E-state index in [-0.39, 0.29) is 5.78 Å². The number of hydrogen-bond donors (Lipinski definition) is 0. The summed E-state index contributed by atoms with van der Waals surface area (Å²) in [6.45, 7) is 0. The largest absolute Gasteiger partial charge is 0.292 e. The van der Waals surface area contributed by atoms with Crippen molar-refractivity contribution < 1.29 is 4.79 Å². The number of carbonyl (C=O) groups excluding carboxylic acids is 1. The summed E-state index contributed by atoms with van der Waals surface area (Å²) in [5, 5.41) is 0. The van der Waals surface area contributed by atoms with Crippen LogP contribution in [0.4, 0.5) is 0 Å². The third-order valence-electron chi connectivity index (χ3n) is 3.49. The van der Waals surface area contributed by atoms with Crippen LogP contribution in [-0.2, 0) is 19.3 Å². The van der Waals surface area contributed by atoms with E-state index in [0.29, 0.717) is 6.42 Å². The van der Waals surface area contributed by atoms with E-state index in [1.165, 1.54) is 29.7 Å². The van der Waals surface area contributed by atoms with Gasteiger partial charge in [-0.2, -0.15) is 0 Å². The maximum absolute atomic E-state index is 11.7. The van der Waals surface area contributed by atoms with Crippen molar-refractivity contribution in [3.05, 3.63) is 28.6 Å². The van der Waals surface area contributed by atoms with Gasteiger partial charge in [-0.3, -0.25) is 4.79 Å². The highest BCUT2D eigenvalue weighted by Gasteiger charge is 2.22. The number of aryl methyl sites for hydroxylation is 3. The molecule has 0 fully saturated rings. The molecule has 1 aromatic rings. The van der Waals surface area contributed by atoms with Crippen LogP contribution in [0.3, 0.4) is 0 Å². The van der Waals surface area contributed by atoms with Crippen molar-refractivity contribution in [2.24, 2.45) is 0 Å². The zero-order valence-electron chi connectivity index (χ0n) is 8.88. The van der Waals surface area contributed by atoms with Gasteiger partial charge in [-0.25, -0.2) is 4.98 Å². The molecule has 78 valence electrons. The predicted octanol–water partition coefficient (Wildman–Crippen LogP) is 2.48. The van der Waals surface area contributed by atoms with E-state index in [4.69, 9.17) is 0 Å². The van der Waals surface area contributed by atoms with E-state index in [2.05, 4.69) is 11.1 Å². The maximum atomic E-state index is 11.7. The number of Topliss-reactive ketones (excluding diaryl/α,β-unsaturated/α-hetero) is 1. The van der Waals surface area contributed by atoms with Crippen LogP contribution in [0.1, 0.15) is 53.0 Å². The summed E-state index contributed by atoms with van der Waals surface area (Å²) < 4.78 is 0. The molecule has 0 unspecified atom stereocenters. The number of ketones is 1. The quantitative estimate of drug-likeness (QED) is 0.645. The summed E-state index contributed by atoms with van der Waals surface area (Å²) in [5.41, 5.74) is 4.57. The lowest BCUT2D eigenvalue weighted by Crippen LogP contribution is -2.17. The molecule has 2 nitrogen and oxygen atoms in total. The molecule has 0 amide bonds.